The fourth-order valence-corrected chi connectivity index (χ4v) is 1.50. The molecule has 3 N–H and O–H groups in total. The van der Waals surface area contributed by atoms with Crippen molar-refractivity contribution >= 4 is 17.7 Å². The number of amides is 1. The maximum atomic E-state index is 11.3. The minimum Gasteiger partial charge on any atom is -0.480 e. The third-order valence-electron chi connectivity index (χ3n) is 2.91. The van der Waals surface area contributed by atoms with Crippen LogP contribution in [0.3, 0.4) is 0 Å². The summed E-state index contributed by atoms with van der Waals surface area (Å²) < 4.78 is 0. The standard InChI is InChI=1S/C12H18N4O3/c1-4-7(2)10(12(18)19)14-9-6-5-8(15-16-9)11(17)13-3/h5-7,10H,4H2,1-3H3,(H,13,17)(H,14,16)(H,18,19)/t7-,10-/m0/s1. The van der Waals surface area contributed by atoms with E-state index in [0.29, 0.717) is 5.82 Å². The van der Waals surface area contributed by atoms with Crippen molar-refractivity contribution in [1.82, 2.24) is 15.5 Å². The summed E-state index contributed by atoms with van der Waals surface area (Å²) >= 11 is 0. The Hall–Kier alpha value is -2.18. The largest absolute Gasteiger partial charge is 0.480 e. The highest BCUT2D eigenvalue weighted by molar-refractivity contribution is 5.91. The highest BCUT2D eigenvalue weighted by Gasteiger charge is 2.23. The van der Waals surface area contributed by atoms with E-state index in [1.54, 1.807) is 0 Å². The molecule has 1 aromatic heterocycles. The molecule has 1 aromatic rings. The maximum Gasteiger partial charge on any atom is 0.326 e. The van der Waals surface area contributed by atoms with Crippen molar-refractivity contribution in [3.63, 3.8) is 0 Å². The van der Waals surface area contributed by atoms with Gasteiger partial charge in [0.25, 0.3) is 5.91 Å². The predicted octanol–water partition coefficient (Wildman–Crippen LogP) is 0.747. The Morgan fingerprint density at radius 2 is 2.05 bits per heavy atom. The Morgan fingerprint density at radius 3 is 2.47 bits per heavy atom. The normalized spacial score (nSPS) is 13.4. The number of hydrogen-bond acceptors (Lipinski definition) is 5. The third-order valence-corrected chi connectivity index (χ3v) is 2.91. The van der Waals surface area contributed by atoms with Crippen LogP contribution in [0.5, 0.6) is 0 Å². The van der Waals surface area contributed by atoms with Crippen LogP contribution < -0.4 is 10.6 Å². The van der Waals surface area contributed by atoms with Gasteiger partial charge in [0.2, 0.25) is 0 Å². The molecule has 7 nitrogen and oxygen atoms in total. The zero-order chi connectivity index (χ0) is 14.4. The first-order chi connectivity index (χ1) is 8.99. The van der Waals surface area contributed by atoms with Crippen LogP contribution in [0.2, 0.25) is 0 Å². The van der Waals surface area contributed by atoms with Gasteiger partial charge >= 0.3 is 5.97 Å². The summed E-state index contributed by atoms with van der Waals surface area (Å²) in [6.07, 6.45) is 0.730. The van der Waals surface area contributed by atoms with E-state index in [-0.39, 0.29) is 17.5 Å². The van der Waals surface area contributed by atoms with E-state index in [9.17, 15) is 9.59 Å². The quantitative estimate of drug-likeness (QED) is 0.701. The second kappa shape index (κ2) is 6.67. The molecule has 19 heavy (non-hydrogen) atoms. The average molecular weight is 266 g/mol. The topological polar surface area (TPSA) is 104 Å². The number of nitrogens with one attached hydrogen (secondary N) is 2. The lowest BCUT2D eigenvalue weighted by Gasteiger charge is -2.20. The SMILES string of the molecule is CC[C@H](C)[C@H](Nc1ccc(C(=O)NC)nn1)C(=O)O. The number of rotatable bonds is 6. The summed E-state index contributed by atoms with van der Waals surface area (Å²) in [5, 5.41) is 21.9. The molecule has 0 unspecified atom stereocenters. The van der Waals surface area contributed by atoms with Gasteiger partial charge in [-0.3, -0.25) is 4.79 Å². The van der Waals surface area contributed by atoms with E-state index in [2.05, 4.69) is 20.8 Å². The molecule has 2 atom stereocenters. The maximum absolute atomic E-state index is 11.3. The average Bonchev–Trinajstić information content (AvgIpc) is 2.43. The summed E-state index contributed by atoms with van der Waals surface area (Å²) in [6, 6.07) is 2.30. The van der Waals surface area contributed by atoms with Gasteiger partial charge in [0.05, 0.1) is 0 Å². The summed E-state index contributed by atoms with van der Waals surface area (Å²) in [6.45, 7) is 3.76. The molecule has 0 aliphatic carbocycles. The Balaban J connectivity index is 2.81. The number of aliphatic carboxylic acids is 1. The smallest absolute Gasteiger partial charge is 0.326 e. The van der Waals surface area contributed by atoms with Crippen LogP contribution in [0.4, 0.5) is 5.82 Å². The van der Waals surface area contributed by atoms with Gasteiger partial charge in [-0.1, -0.05) is 20.3 Å². The number of nitrogens with zero attached hydrogens (tertiary/aromatic N) is 2. The van der Waals surface area contributed by atoms with E-state index in [4.69, 9.17) is 5.11 Å². The lowest BCUT2D eigenvalue weighted by molar-refractivity contribution is -0.139. The highest BCUT2D eigenvalue weighted by atomic mass is 16.4. The number of anilines is 1. The van der Waals surface area contributed by atoms with E-state index in [1.807, 2.05) is 13.8 Å². The minimum atomic E-state index is -0.938. The molecule has 0 aromatic carbocycles. The summed E-state index contributed by atoms with van der Waals surface area (Å²) in [4.78, 5) is 22.4. The molecule has 0 aliphatic heterocycles. The monoisotopic (exact) mass is 266 g/mol. The molecule has 0 radical (unpaired) electrons. The van der Waals surface area contributed by atoms with Crippen LogP contribution in [-0.4, -0.2) is 40.3 Å². The fraction of sp³-hybridized carbons (Fsp3) is 0.500. The van der Waals surface area contributed by atoms with Gasteiger partial charge in [-0.15, -0.1) is 10.2 Å². The van der Waals surface area contributed by atoms with Gasteiger partial charge in [-0.05, 0) is 18.1 Å². The number of aromatic nitrogens is 2. The zero-order valence-corrected chi connectivity index (χ0v) is 11.2. The molecular formula is C12H18N4O3. The van der Waals surface area contributed by atoms with Gasteiger partial charge in [-0.2, -0.15) is 0 Å². The summed E-state index contributed by atoms with van der Waals surface area (Å²) in [5.74, 6) is -0.986. The molecule has 0 saturated carbocycles. The Kier molecular flexibility index (Phi) is 5.23. The molecule has 7 heteroatoms. The van der Waals surface area contributed by atoms with Crippen molar-refractivity contribution in [2.75, 3.05) is 12.4 Å². The zero-order valence-electron chi connectivity index (χ0n) is 11.2. The molecule has 1 amide bonds. The van der Waals surface area contributed by atoms with Crippen LogP contribution in [0.1, 0.15) is 30.8 Å². The number of carbonyl (C=O) groups is 2. The molecule has 1 heterocycles. The van der Waals surface area contributed by atoms with Crippen molar-refractivity contribution in [1.29, 1.82) is 0 Å². The van der Waals surface area contributed by atoms with Gasteiger partial charge in [0, 0.05) is 7.05 Å². The predicted molar refractivity (Wildman–Crippen MR) is 69.9 cm³/mol. The van der Waals surface area contributed by atoms with E-state index in [1.165, 1.54) is 19.2 Å². The van der Waals surface area contributed by atoms with Gasteiger partial charge in [0.15, 0.2) is 5.69 Å². The number of hydrogen-bond donors (Lipinski definition) is 3. The van der Waals surface area contributed by atoms with Crippen molar-refractivity contribution in [3.8, 4) is 0 Å². The third kappa shape index (κ3) is 3.90. The molecule has 1 rings (SSSR count). The van der Waals surface area contributed by atoms with E-state index >= 15 is 0 Å². The highest BCUT2D eigenvalue weighted by Crippen LogP contribution is 2.13. The first-order valence-electron chi connectivity index (χ1n) is 6.04. The molecule has 0 saturated heterocycles. The van der Waals surface area contributed by atoms with Crippen LogP contribution in [-0.2, 0) is 4.79 Å². The molecule has 0 bridgehead atoms. The van der Waals surface area contributed by atoms with Gasteiger partial charge < -0.3 is 15.7 Å². The van der Waals surface area contributed by atoms with Crippen LogP contribution >= 0.6 is 0 Å². The molecule has 0 spiro atoms. The van der Waals surface area contributed by atoms with Crippen molar-refractivity contribution < 1.29 is 14.7 Å². The number of carboxylic acids is 1. The second-order valence-corrected chi connectivity index (χ2v) is 4.23. The first kappa shape index (κ1) is 14.9. The van der Waals surface area contributed by atoms with Crippen molar-refractivity contribution in [2.24, 2.45) is 5.92 Å². The summed E-state index contributed by atoms with van der Waals surface area (Å²) in [5.41, 5.74) is 0.184. The lowest BCUT2D eigenvalue weighted by atomic mass is 9.99. The Morgan fingerprint density at radius 1 is 1.37 bits per heavy atom. The number of carboxylic acid groups (broad SMARTS) is 1. The van der Waals surface area contributed by atoms with Gasteiger partial charge in [0.1, 0.15) is 11.9 Å². The van der Waals surface area contributed by atoms with Crippen molar-refractivity contribution in [2.45, 2.75) is 26.3 Å². The Bertz CT molecular complexity index is 447. The van der Waals surface area contributed by atoms with Crippen LogP contribution in [0.25, 0.3) is 0 Å². The molecule has 0 aliphatic rings. The lowest BCUT2D eigenvalue weighted by Crippen LogP contribution is -2.35. The van der Waals surface area contributed by atoms with Crippen molar-refractivity contribution in [3.05, 3.63) is 17.8 Å². The fourth-order valence-electron chi connectivity index (χ4n) is 1.50. The molecule has 104 valence electrons. The number of carbonyl (C=O) groups excluding carboxylic acids is 1. The second-order valence-electron chi connectivity index (χ2n) is 4.23. The molecular weight excluding hydrogens is 248 g/mol. The van der Waals surface area contributed by atoms with Crippen LogP contribution in [0.15, 0.2) is 12.1 Å². The van der Waals surface area contributed by atoms with E-state index < -0.39 is 12.0 Å². The minimum absolute atomic E-state index is 0.0436. The molecule has 0 fully saturated rings. The van der Waals surface area contributed by atoms with Gasteiger partial charge in [-0.25, -0.2) is 4.79 Å². The first-order valence-corrected chi connectivity index (χ1v) is 6.04. The van der Waals surface area contributed by atoms with E-state index in [0.717, 1.165) is 6.42 Å². The van der Waals surface area contributed by atoms with Crippen LogP contribution in [0, 0.1) is 5.92 Å². The Labute approximate surface area is 111 Å². The summed E-state index contributed by atoms with van der Waals surface area (Å²) in [7, 11) is 1.50.